The van der Waals surface area contributed by atoms with Crippen molar-refractivity contribution in [3.05, 3.63) is 70.6 Å². The van der Waals surface area contributed by atoms with Crippen LogP contribution in [0.4, 0.5) is 0 Å². The summed E-state index contributed by atoms with van der Waals surface area (Å²) in [7, 11) is -3.81. The van der Waals surface area contributed by atoms with E-state index in [0.29, 0.717) is 27.4 Å². The summed E-state index contributed by atoms with van der Waals surface area (Å²) in [6.07, 6.45) is 0. The van der Waals surface area contributed by atoms with Gasteiger partial charge in [-0.3, -0.25) is 14.5 Å². The molecule has 1 heterocycles. The third kappa shape index (κ3) is 4.17. The lowest BCUT2D eigenvalue weighted by Crippen LogP contribution is -2.31. The zero-order valence-electron chi connectivity index (χ0n) is 14.7. The van der Waals surface area contributed by atoms with Crippen LogP contribution in [0, 0.1) is 0 Å². The molecule has 0 aliphatic carbocycles. The molecular formula is C19H18N2O5S2. The summed E-state index contributed by atoms with van der Waals surface area (Å²) in [6.45, 7) is -0.116. The number of thioether (sulfide) groups is 1. The minimum Gasteiger partial charge on any atom is -0.396 e. The van der Waals surface area contributed by atoms with E-state index < -0.39 is 21.8 Å². The Kier molecular flexibility index (Phi) is 5.99. The average molecular weight is 418 g/mol. The van der Waals surface area contributed by atoms with Crippen molar-refractivity contribution in [2.24, 2.45) is 5.14 Å². The Morgan fingerprint density at radius 3 is 2.18 bits per heavy atom. The number of imide groups is 1. The Balaban J connectivity index is 1.90. The normalized spacial score (nSPS) is 14.9. The van der Waals surface area contributed by atoms with Crippen LogP contribution in [-0.4, -0.2) is 42.6 Å². The van der Waals surface area contributed by atoms with Crippen LogP contribution in [0.3, 0.4) is 0 Å². The number of carbonyl (C=O) groups is 2. The number of benzene rings is 2. The van der Waals surface area contributed by atoms with E-state index in [-0.39, 0.29) is 18.0 Å². The van der Waals surface area contributed by atoms with E-state index in [4.69, 9.17) is 10.2 Å². The number of carbonyl (C=O) groups excluding carboxylic acids is 2. The molecule has 7 nitrogen and oxygen atoms in total. The van der Waals surface area contributed by atoms with Gasteiger partial charge >= 0.3 is 0 Å². The lowest BCUT2D eigenvalue weighted by atomic mass is 10.1. The highest BCUT2D eigenvalue weighted by Crippen LogP contribution is 2.36. The summed E-state index contributed by atoms with van der Waals surface area (Å²) in [5, 5.41) is 14.2. The maximum Gasteiger partial charge on any atom is 0.268 e. The number of aliphatic hydroxyl groups excluding tert-OH is 1. The van der Waals surface area contributed by atoms with Crippen LogP contribution in [0.5, 0.6) is 0 Å². The molecule has 3 rings (SSSR count). The Morgan fingerprint density at radius 2 is 1.61 bits per heavy atom. The molecule has 0 unspecified atom stereocenters. The first-order valence-corrected chi connectivity index (χ1v) is 10.9. The minimum atomic E-state index is -3.81. The van der Waals surface area contributed by atoms with Crippen LogP contribution in [0.2, 0.25) is 0 Å². The van der Waals surface area contributed by atoms with Crippen LogP contribution in [0.25, 0.3) is 5.57 Å². The van der Waals surface area contributed by atoms with Crippen molar-refractivity contribution in [2.45, 2.75) is 11.4 Å². The van der Waals surface area contributed by atoms with E-state index in [1.807, 2.05) is 6.07 Å². The molecule has 0 saturated carbocycles. The number of nitrogens with zero attached hydrogens (tertiary/aromatic N) is 1. The van der Waals surface area contributed by atoms with E-state index in [2.05, 4.69) is 0 Å². The highest BCUT2D eigenvalue weighted by molar-refractivity contribution is 8.04. The Hall–Kier alpha value is -2.46. The lowest BCUT2D eigenvalue weighted by molar-refractivity contribution is -0.137. The first-order chi connectivity index (χ1) is 13.3. The van der Waals surface area contributed by atoms with Gasteiger partial charge in [-0.2, -0.15) is 0 Å². The van der Waals surface area contributed by atoms with Crippen molar-refractivity contribution >= 4 is 39.2 Å². The van der Waals surface area contributed by atoms with E-state index in [0.717, 1.165) is 16.7 Å². The van der Waals surface area contributed by atoms with Crippen molar-refractivity contribution in [1.29, 1.82) is 0 Å². The molecule has 0 fully saturated rings. The van der Waals surface area contributed by atoms with Gasteiger partial charge in [-0.1, -0.05) is 42.5 Å². The molecule has 0 saturated heterocycles. The van der Waals surface area contributed by atoms with Gasteiger partial charge in [0.25, 0.3) is 11.8 Å². The molecule has 0 spiro atoms. The fraction of sp³-hybridized carbons (Fsp3) is 0.158. The van der Waals surface area contributed by atoms with Gasteiger partial charge in [-0.25, -0.2) is 13.6 Å². The summed E-state index contributed by atoms with van der Waals surface area (Å²) in [5.41, 5.74) is 1.54. The first-order valence-electron chi connectivity index (χ1n) is 8.34. The number of aliphatic hydroxyl groups is 1. The predicted octanol–water partition coefficient (Wildman–Crippen LogP) is 1.34. The topological polar surface area (TPSA) is 118 Å². The summed E-state index contributed by atoms with van der Waals surface area (Å²) >= 11 is 1.14. The number of nitrogens with two attached hydrogens (primary N) is 1. The lowest BCUT2D eigenvalue weighted by Gasteiger charge is -2.15. The zero-order valence-corrected chi connectivity index (χ0v) is 16.4. The number of hydrogen-bond acceptors (Lipinski definition) is 6. The molecule has 2 aromatic rings. The van der Waals surface area contributed by atoms with Crippen LogP contribution < -0.4 is 5.14 Å². The third-order valence-electron chi connectivity index (χ3n) is 4.12. The summed E-state index contributed by atoms with van der Waals surface area (Å²) in [5.74, 6) is -0.563. The number of sulfonamides is 1. The molecule has 28 heavy (non-hydrogen) atoms. The third-order valence-corrected chi connectivity index (χ3v) is 6.10. The van der Waals surface area contributed by atoms with Gasteiger partial charge in [0.1, 0.15) is 0 Å². The second-order valence-corrected chi connectivity index (χ2v) is 8.69. The summed E-state index contributed by atoms with van der Waals surface area (Å²) < 4.78 is 22.7. The van der Waals surface area contributed by atoms with Crippen molar-refractivity contribution in [3.8, 4) is 0 Å². The zero-order chi connectivity index (χ0) is 20.3. The van der Waals surface area contributed by atoms with Gasteiger partial charge < -0.3 is 5.11 Å². The van der Waals surface area contributed by atoms with Crippen molar-refractivity contribution < 1.29 is 23.1 Å². The molecule has 0 atom stereocenters. The molecule has 9 heteroatoms. The quantitative estimate of drug-likeness (QED) is 0.655. The number of primary sulfonamides is 1. The SMILES string of the molecule is NS(=O)(=O)c1ccc(CN2C(=O)C(SCCO)=C(c3ccccc3)C2=O)cc1. The number of amides is 2. The molecular weight excluding hydrogens is 400 g/mol. The minimum absolute atomic E-state index is 0.00207. The molecule has 146 valence electrons. The van der Waals surface area contributed by atoms with Crippen molar-refractivity contribution in [3.63, 3.8) is 0 Å². The van der Waals surface area contributed by atoms with E-state index >= 15 is 0 Å². The van der Waals surface area contributed by atoms with Gasteiger partial charge in [-0.05, 0) is 23.3 Å². The average Bonchev–Trinajstić information content (AvgIpc) is 2.91. The maximum atomic E-state index is 13.0. The van der Waals surface area contributed by atoms with Gasteiger partial charge in [0, 0.05) is 5.75 Å². The smallest absolute Gasteiger partial charge is 0.268 e. The Bertz CT molecular complexity index is 1030. The number of rotatable bonds is 7. The first kappa shape index (κ1) is 20.3. The molecule has 1 aliphatic rings. The van der Waals surface area contributed by atoms with Crippen LogP contribution in [-0.2, 0) is 26.2 Å². The van der Waals surface area contributed by atoms with Gasteiger partial charge in [-0.15, -0.1) is 11.8 Å². The predicted molar refractivity (Wildman–Crippen MR) is 106 cm³/mol. The monoisotopic (exact) mass is 418 g/mol. The largest absolute Gasteiger partial charge is 0.396 e. The maximum absolute atomic E-state index is 13.0. The van der Waals surface area contributed by atoms with Crippen molar-refractivity contribution in [1.82, 2.24) is 4.90 Å². The van der Waals surface area contributed by atoms with Gasteiger partial charge in [0.2, 0.25) is 10.0 Å². The summed E-state index contributed by atoms with van der Waals surface area (Å²) in [4.78, 5) is 27.2. The standard InChI is InChI=1S/C19H18N2O5S2/c20-28(25,26)15-8-6-13(7-9-15)12-21-18(23)16(14-4-2-1-3-5-14)17(19(21)24)27-11-10-22/h1-9,22H,10-12H2,(H2,20,25,26). The second-order valence-electron chi connectivity index (χ2n) is 6.03. The van der Waals surface area contributed by atoms with E-state index in [9.17, 15) is 18.0 Å². The van der Waals surface area contributed by atoms with Crippen molar-refractivity contribution in [2.75, 3.05) is 12.4 Å². The fourth-order valence-electron chi connectivity index (χ4n) is 2.81. The fourth-order valence-corrected chi connectivity index (χ4v) is 4.20. The van der Waals surface area contributed by atoms with Crippen LogP contribution in [0.1, 0.15) is 11.1 Å². The summed E-state index contributed by atoms with van der Waals surface area (Å²) in [6, 6.07) is 14.6. The number of hydrogen-bond donors (Lipinski definition) is 2. The molecule has 3 N–H and O–H groups in total. The molecule has 0 radical (unpaired) electrons. The Morgan fingerprint density at radius 1 is 0.964 bits per heavy atom. The van der Waals surface area contributed by atoms with Gasteiger partial charge in [0.05, 0.1) is 28.5 Å². The molecule has 2 aromatic carbocycles. The highest BCUT2D eigenvalue weighted by Gasteiger charge is 2.38. The second kappa shape index (κ2) is 8.27. The van der Waals surface area contributed by atoms with Crippen LogP contribution >= 0.6 is 11.8 Å². The molecule has 1 aliphatic heterocycles. The molecule has 0 bridgehead atoms. The van der Waals surface area contributed by atoms with Crippen LogP contribution in [0.15, 0.2) is 64.4 Å². The Labute approximate surface area is 166 Å². The molecule has 0 aromatic heterocycles. The van der Waals surface area contributed by atoms with E-state index in [1.165, 1.54) is 24.3 Å². The van der Waals surface area contributed by atoms with Gasteiger partial charge in [0.15, 0.2) is 0 Å². The molecule has 2 amide bonds. The highest BCUT2D eigenvalue weighted by atomic mass is 32.2. The van der Waals surface area contributed by atoms with E-state index in [1.54, 1.807) is 24.3 Å².